The highest BCUT2D eigenvalue weighted by molar-refractivity contribution is 6.67. The third kappa shape index (κ3) is 3.82. The number of hydrogen-bond donors (Lipinski definition) is 1. The van der Waals surface area contributed by atoms with Gasteiger partial charge in [0, 0.05) is 47.5 Å². The van der Waals surface area contributed by atoms with Crippen molar-refractivity contribution in [3.05, 3.63) is 77.6 Å². The van der Waals surface area contributed by atoms with Gasteiger partial charge in [0.25, 0.3) is 0 Å². The second-order valence-electron chi connectivity index (χ2n) is 7.56. The number of para-hydroxylation sites is 2. The quantitative estimate of drug-likeness (QED) is 0.324. The summed E-state index contributed by atoms with van der Waals surface area (Å²) in [6.45, 7) is -0.413. The van der Waals surface area contributed by atoms with Crippen LogP contribution < -0.4 is 5.69 Å². The maximum absolute atomic E-state index is 13.0. The van der Waals surface area contributed by atoms with Gasteiger partial charge in [-0.1, -0.05) is 71.2 Å². The molecule has 7 nitrogen and oxygen atoms in total. The lowest BCUT2D eigenvalue weighted by Crippen LogP contribution is -2.21. The largest absolute Gasteiger partial charge is 0.444 e. The number of ether oxygens (including phenoxy) is 1. The number of halogens is 3. The molecule has 0 saturated carbocycles. The Morgan fingerprint density at radius 2 is 1.67 bits per heavy atom. The molecule has 0 aliphatic heterocycles. The summed E-state index contributed by atoms with van der Waals surface area (Å²) in [4.78, 5) is 28.5. The van der Waals surface area contributed by atoms with Crippen molar-refractivity contribution in [3.8, 4) is 16.9 Å². The molecule has 168 valence electrons. The molecular formula is C23H17Cl3N4O3. The molecule has 0 saturated heterocycles. The van der Waals surface area contributed by atoms with Gasteiger partial charge < -0.3 is 14.3 Å². The van der Waals surface area contributed by atoms with Crippen molar-refractivity contribution in [3.63, 3.8) is 0 Å². The van der Waals surface area contributed by atoms with Crippen molar-refractivity contribution in [2.24, 2.45) is 7.05 Å². The van der Waals surface area contributed by atoms with Gasteiger partial charge in [0.1, 0.15) is 6.61 Å². The molecule has 0 aliphatic rings. The molecule has 2 aromatic carbocycles. The Morgan fingerprint density at radius 1 is 1.00 bits per heavy atom. The number of nitrogens with zero attached hydrogens (tertiary/aromatic N) is 3. The molecule has 0 bridgehead atoms. The predicted molar refractivity (Wildman–Crippen MR) is 131 cm³/mol. The van der Waals surface area contributed by atoms with Crippen LogP contribution in [0.5, 0.6) is 0 Å². The second kappa shape index (κ2) is 8.02. The van der Waals surface area contributed by atoms with Crippen LogP contribution in [0.3, 0.4) is 0 Å². The van der Waals surface area contributed by atoms with Crippen molar-refractivity contribution < 1.29 is 9.53 Å². The number of aromatic nitrogens is 4. The lowest BCUT2D eigenvalue weighted by molar-refractivity contribution is 0.151. The Balaban J connectivity index is 1.70. The lowest BCUT2D eigenvalue weighted by Gasteiger charge is -2.11. The number of nitrogens with one attached hydrogen (secondary N) is 1. The summed E-state index contributed by atoms with van der Waals surface area (Å²) < 4.78 is 8.28. The molecule has 3 heterocycles. The summed E-state index contributed by atoms with van der Waals surface area (Å²) in [6, 6.07) is 15.1. The van der Waals surface area contributed by atoms with E-state index in [1.807, 2.05) is 54.2 Å². The Bertz CT molecular complexity index is 1570. The number of hydrogen-bond acceptors (Lipinski definition) is 3. The number of alkyl halides is 3. The number of benzene rings is 2. The zero-order chi connectivity index (χ0) is 23.3. The summed E-state index contributed by atoms with van der Waals surface area (Å²) in [6.07, 6.45) is 4.46. The first kappa shape index (κ1) is 21.7. The summed E-state index contributed by atoms with van der Waals surface area (Å²) >= 11 is 17.2. The van der Waals surface area contributed by atoms with Gasteiger partial charge in [0.15, 0.2) is 0 Å². The molecule has 10 heteroatoms. The molecule has 0 spiro atoms. The molecule has 0 aliphatic carbocycles. The van der Waals surface area contributed by atoms with Crippen LogP contribution in [-0.4, -0.2) is 35.2 Å². The van der Waals surface area contributed by atoms with Gasteiger partial charge in [-0.2, -0.15) is 0 Å². The molecule has 0 atom stereocenters. The van der Waals surface area contributed by atoms with Gasteiger partial charge in [0.2, 0.25) is 3.79 Å². The molecule has 3 aromatic heterocycles. The van der Waals surface area contributed by atoms with E-state index in [4.69, 9.17) is 39.5 Å². The second-order valence-corrected chi connectivity index (χ2v) is 10.1. The van der Waals surface area contributed by atoms with Crippen LogP contribution in [0.2, 0.25) is 0 Å². The Labute approximate surface area is 202 Å². The first-order valence-electron chi connectivity index (χ1n) is 9.94. The van der Waals surface area contributed by atoms with Gasteiger partial charge in [-0.05, 0) is 12.1 Å². The normalized spacial score (nSPS) is 12.0. The van der Waals surface area contributed by atoms with Crippen LogP contribution >= 0.6 is 34.8 Å². The van der Waals surface area contributed by atoms with E-state index < -0.39 is 16.5 Å². The molecule has 1 N–H and O–H groups in total. The van der Waals surface area contributed by atoms with Gasteiger partial charge >= 0.3 is 11.8 Å². The highest BCUT2D eigenvalue weighted by atomic mass is 35.6. The van der Waals surface area contributed by atoms with E-state index in [1.54, 1.807) is 29.1 Å². The number of carbonyl (C=O) groups excluding carboxylic acids is 1. The van der Waals surface area contributed by atoms with E-state index >= 15 is 0 Å². The van der Waals surface area contributed by atoms with Crippen LogP contribution in [-0.2, 0) is 11.8 Å². The highest BCUT2D eigenvalue weighted by Crippen LogP contribution is 2.33. The van der Waals surface area contributed by atoms with E-state index in [0.29, 0.717) is 22.3 Å². The van der Waals surface area contributed by atoms with Crippen molar-refractivity contribution in [1.82, 2.24) is 18.7 Å². The average molecular weight is 504 g/mol. The fourth-order valence-electron chi connectivity index (χ4n) is 4.06. The average Bonchev–Trinajstić information content (AvgIpc) is 3.45. The van der Waals surface area contributed by atoms with Gasteiger partial charge in [-0.25, -0.2) is 9.59 Å². The van der Waals surface area contributed by atoms with Crippen molar-refractivity contribution >= 4 is 62.7 Å². The molecule has 0 fully saturated rings. The molecule has 5 aromatic rings. The van der Waals surface area contributed by atoms with Gasteiger partial charge in [0.05, 0.1) is 16.9 Å². The van der Waals surface area contributed by atoms with Crippen LogP contribution in [0.1, 0.15) is 0 Å². The number of aryl methyl sites for hydroxylation is 1. The maximum Gasteiger partial charge on any atom is 0.418 e. The van der Waals surface area contributed by atoms with Crippen LogP contribution in [0.4, 0.5) is 4.79 Å². The van der Waals surface area contributed by atoms with E-state index in [-0.39, 0.29) is 5.69 Å². The van der Waals surface area contributed by atoms with Gasteiger partial charge in [-0.15, -0.1) is 0 Å². The number of rotatable bonds is 3. The summed E-state index contributed by atoms with van der Waals surface area (Å²) in [7, 11) is 1.95. The monoisotopic (exact) mass is 502 g/mol. The Morgan fingerprint density at radius 3 is 2.39 bits per heavy atom. The van der Waals surface area contributed by atoms with E-state index in [2.05, 4.69) is 4.98 Å². The Kier molecular flexibility index (Phi) is 5.28. The minimum absolute atomic E-state index is 0.338. The SMILES string of the molecule is Cn1cc(-c2c[nH]c(=O)n2-c2cn(C(=O)OCC(Cl)(Cl)Cl)c3ccccc23)c2ccccc21. The molecule has 0 radical (unpaired) electrons. The first-order chi connectivity index (χ1) is 15.7. The predicted octanol–water partition coefficient (Wildman–Crippen LogP) is 5.63. The number of carbonyl (C=O) groups is 1. The minimum atomic E-state index is -1.74. The number of fused-ring (bicyclic) bond motifs is 2. The van der Waals surface area contributed by atoms with E-state index in [1.165, 1.54) is 4.57 Å². The lowest BCUT2D eigenvalue weighted by atomic mass is 10.1. The third-order valence-corrected chi connectivity index (χ3v) is 5.76. The van der Waals surface area contributed by atoms with Gasteiger partial charge in [-0.3, -0.25) is 9.13 Å². The molecule has 5 rings (SSSR count). The van der Waals surface area contributed by atoms with Crippen LogP contribution in [0.15, 0.2) is 71.9 Å². The maximum atomic E-state index is 13.0. The summed E-state index contributed by atoms with van der Waals surface area (Å²) in [5, 5.41) is 1.69. The highest BCUT2D eigenvalue weighted by Gasteiger charge is 2.25. The van der Waals surface area contributed by atoms with Crippen molar-refractivity contribution in [2.45, 2.75) is 3.79 Å². The molecule has 33 heavy (non-hydrogen) atoms. The number of imidazole rings is 1. The number of H-pyrrole nitrogens is 1. The fraction of sp³-hybridized carbons (Fsp3) is 0.130. The minimum Gasteiger partial charge on any atom is -0.444 e. The van der Waals surface area contributed by atoms with Crippen LogP contribution in [0, 0.1) is 0 Å². The first-order valence-corrected chi connectivity index (χ1v) is 11.1. The summed E-state index contributed by atoms with van der Waals surface area (Å²) in [5.41, 5.74) is 3.31. The number of aromatic amines is 1. The summed E-state index contributed by atoms with van der Waals surface area (Å²) in [5.74, 6) is 0. The molecule has 0 unspecified atom stereocenters. The topological polar surface area (TPSA) is 74.0 Å². The smallest absolute Gasteiger partial charge is 0.418 e. The van der Waals surface area contributed by atoms with Crippen LogP contribution in [0.25, 0.3) is 38.8 Å². The fourth-order valence-corrected chi connectivity index (χ4v) is 4.22. The van der Waals surface area contributed by atoms with E-state index in [9.17, 15) is 9.59 Å². The van der Waals surface area contributed by atoms with E-state index in [0.717, 1.165) is 16.5 Å². The standard InChI is InChI=1S/C23H17Cl3N4O3/c1-28-11-16(14-6-2-4-8-17(14)28)19-10-27-21(31)30(19)20-12-29(18-9-5-3-7-15(18)20)22(32)33-13-23(24,25)26/h2-12H,13H2,1H3,(H,27,31). The van der Waals surface area contributed by atoms with Crippen molar-refractivity contribution in [2.75, 3.05) is 6.61 Å². The molecular weight excluding hydrogens is 487 g/mol. The third-order valence-electron chi connectivity index (χ3n) is 5.44. The zero-order valence-corrected chi connectivity index (χ0v) is 19.5. The molecule has 0 amide bonds. The van der Waals surface area contributed by atoms with Crippen molar-refractivity contribution in [1.29, 1.82) is 0 Å². The Hall–Kier alpha value is -3.13. The zero-order valence-electron chi connectivity index (χ0n) is 17.3.